The standard InChI is InChI=1S/C14H19IOS/c1-11(2)9-14(3,16)13(15)10-17-12-7-5-4-6-8-12/h4-8,10-11,16H,9H2,1-3H3/b13-10+. The summed E-state index contributed by atoms with van der Waals surface area (Å²) in [6.07, 6.45) is 0.789. The van der Waals surface area contributed by atoms with E-state index in [1.807, 2.05) is 30.5 Å². The molecular weight excluding hydrogens is 343 g/mol. The zero-order valence-electron chi connectivity index (χ0n) is 10.5. The minimum Gasteiger partial charge on any atom is -0.385 e. The number of hydrogen-bond donors (Lipinski definition) is 1. The predicted octanol–water partition coefficient (Wildman–Crippen LogP) is 4.85. The van der Waals surface area contributed by atoms with Gasteiger partial charge in [-0.2, -0.15) is 0 Å². The van der Waals surface area contributed by atoms with Crippen molar-refractivity contribution in [3.63, 3.8) is 0 Å². The number of benzene rings is 1. The van der Waals surface area contributed by atoms with Gasteiger partial charge in [-0.25, -0.2) is 0 Å². The monoisotopic (exact) mass is 362 g/mol. The highest BCUT2D eigenvalue weighted by Crippen LogP contribution is 2.33. The summed E-state index contributed by atoms with van der Waals surface area (Å²) < 4.78 is 0.998. The highest BCUT2D eigenvalue weighted by atomic mass is 127. The molecule has 1 nitrogen and oxygen atoms in total. The van der Waals surface area contributed by atoms with Crippen molar-refractivity contribution in [1.29, 1.82) is 0 Å². The van der Waals surface area contributed by atoms with Crippen LogP contribution in [0.3, 0.4) is 0 Å². The SMILES string of the molecule is CC(C)CC(C)(O)/C(I)=C\Sc1ccccc1. The van der Waals surface area contributed by atoms with E-state index in [1.54, 1.807) is 11.8 Å². The third-order valence-corrected chi connectivity index (χ3v) is 5.16. The molecule has 3 heteroatoms. The predicted molar refractivity (Wildman–Crippen MR) is 84.5 cm³/mol. The first-order valence-electron chi connectivity index (χ1n) is 5.72. The summed E-state index contributed by atoms with van der Waals surface area (Å²) in [5, 5.41) is 12.4. The number of aliphatic hydroxyl groups is 1. The van der Waals surface area contributed by atoms with Crippen molar-refractivity contribution in [3.05, 3.63) is 39.3 Å². The second kappa shape index (κ2) is 6.81. The van der Waals surface area contributed by atoms with Crippen molar-refractivity contribution in [2.24, 2.45) is 5.92 Å². The fourth-order valence-corrected chi connectivity index (χ4v) is 3.05. The molecule has 0 spiro atoms. The van der Waals surface area contributed by atoms with Gasteiger partial charge in [0.05, 0.1) is 5.60 Å². The van der Waals surface area contributed by atoms with Gasteiger partial charge in [0.25, 0.3) is 0 Å². The molecule has 0 radical (unpaired) electrons. The molecular formula is C14H19IOS. The van der Waals surface area contributed by atoms with E-state index < -0.39 is 5.60 Å². The average Bonchev–Trinajstić information content (AvgIpc) is 2.25. The molecule has 0 amide bonds. The fourth-order valence-electron chi connectivity index (χ4n) is 1.64. The molecule has 1 atom stereocenters. The van der Waals surface area contributed by atoms with E-state index in [4.69, 9.17) is 0 Å². The Morgan fingerprint density at radius 2 is 2.00 bits per heavy atom. The molecule has 1 rings (SSSR count). The largest absolute Gasteiger partial charge is 0.385 e. The van der Waals surface area contributed by atoms with Crippen molar-refractivity contribution >= 4 is 34.4 Å². The molecule has 1 aromatic carbocycles. The molecule has 0 aromatic heterocycles. The Kier molecular flexibility index (Phi) is 6.03. The maximum absolute atomic E-state index is 10.3. The minimum atomic E-state index is -0.712. The molecule has 1 unspecified atom stereocenters. The van der Waals surface area contributed by atoms with Crippen LogP contribution in [0.4, 0.5) is 0 Å². The first-order valence-corrected chi connectivity index (χ1v) is 7.68. The van der Waals surface area contributed by atoms with Crippen molar-refractivity contribution in [2.75, 3.05) is 0 Å². The summed E-state index contributed by atoms with van der Waals surface area (Å²) in [4.78, 5) is 1.20. The molecule has 0 fully saturated rings. The number of halogens is 1. The molecule has 1 N–H and O–H groups in total. The van der Waals surface area contributed by atoms with Gasteiger partial charge in [-0.15, -0.1) is 0 Å². The number of thioether (sulfide) groups is 1. The summed E-state index contributed by atoms with van der Waals surface area (Å²) in [7, 11) is 0. The molecule has 0 aliphatic rings. The lowest BCUT2D eigenvalue weighted by Crippen LogP contribution is -2.26. The van der Waals surface area contributed by atoms with Crippen LogP contribution < -0.4 is 0 Å². The van der Waals surface area contributed by atoms with E-state index in [2.05, 4.69) is 48.6 Å². The molecule has 94 valence electrons. The highest BCUT2D eigenvalue weighted by molar-refractivity contribution is 14.1. The van der Waals surface area contributed by atoms with Crippen LogP contribution in [0.25, 0.3) is 0 Å². The first-order chi connectivity index (χ1) is 7.92. The summed E-state index contributed by atoms with van der Waals surface area (Å²) in [5.74, 6) is 0.491. The van der Waals surface area contributed by atoms with E-state index in [0.717, 1.165) is 10.0 Å². The van der Waals surface area contributed by atoms with E-state index in [1.165, 1.54) is 4.90 Å². The quantitative estimate of drug-likeness (QED) is 0.597. The third kappa shape index (κ3) is 5.44. The van der Waals surface area contributed by atoms with Gasteiger partial charge in [0, 0.05) is 8.48 Å². The lowest BCUT2D eigenvalue weighted by Gasteiger charge is -2.25. The molecule has 0 aliphatic heterocycles. The minimum absolute atomic E-state index is 0.491. The summed E-state index contributed by atoms with van der Waals surface area (Å²) in [6.45, 7) is 6.14. The van der Waals surface area contributed by atoms with Crippen LogP contribution in [0.5, 0.6) is 0 Å². The maximum atomic E-state index is 10.3. The van der Waals surface area contributed by atoms with Crippen molar-refractivity contribution < 1.29 is 5.11 Å². The van der Waals surface area contributed by atoms with Gasteiger partial charge in [0.1, 0.15) is 0 Å². The van der Waals surface area contributed by atoms with Gasteiger partial charge in [0.2, 0.25) is 0 Å². The fraction of sp³-hybridized carbons (Fsp3) is 0.429. The van der Waals surface area contributed by atoms with Crippen LogP contribution in [0.15, 0.2) is 44.2 Å². The molecule has 17 heavy (non-hydrogen) atoms. The van der Waals surface area contributed by atoms with Gasteiger partial charge in [-0.1, -0.05) is 43.8 Å². The Hall–Kier alpha value is -0.000000000000000111. The van der Waals surface area contributed by atoms with Crippen LogP contribution in [-0.2, 0) is 0 Å². The van der Waals surface area contributed by atoms with Crippen LogP contribution in [0.1, 0.15) is 27.2 Å². The average molecular weight is 362 g/mol. The van der Waals surface area contributed by atoms with Gasteiger partial charge in [0.15, 0.2) is 0 Å². The summed E-state index contributed by atoms with van der Waals surface area (Å²) in [6, 6.07) is 10.2. The smallest absolute Gasteiger partial charge is 0.0932 e. The molecule has 0 heterocycles. The van der Waals surface area contributed by atoms with Crippen molar-refractivity contribution in [2.45, 2.75) is 37.7 Å². The lowest BCUT2D eigenvalue weighted by atomic mass is 9.95. The number of hydrogen-bond acceptors (Lipinski definition) is 2. The molecule has 0 saturated carbocycles. The van der Waals surface area contributed by atoms with E-state index in [0.29, 0.717) is 5.92 Å². The van der Waals surface area contributed by atoms with Crippen LogP contribution >= 0.6 is 34.4 Å². The Bertz CT molecular complexity index is 371. The second-order valence-electron chi connectivity index (χ2n) is 4.77. The van der Waals surface area contributed by atoms with Gasteiger partial charge >= 0.3 is 0 Å². The van der Waals surface area contributed by atoms with Gasteiger partial charge in [-0.05, 0) is 59.4 Å². The second-order valence-corrected chi connectivity index (χ2v) is 6.87. The Morgan fingerprint density at radius 3 is 2.53 bits per heavy atom. The molecule has 0 aliphatic carbocycles. The van der Waals surface area contributed by atoms with Gasteiger partial charge in [-0.3, -0.25) is 0 Å². The zero-order chi connectivity index (χ0) is 12.9. The Balaban J connectivity index is 2.66. The Morgan fingerprint density at radius 1 is 1.41 bits per heavy atom. The molecule has 1 aromatic rings. The van der Waals surface area contributed by atoms with E-state index in [9.17, 15) is 5.11 Å². The lowest BCUT2D eigenvalue weighted by molar-refractivity contribution is 0.0859. The zero-order valence-corrected chi connectivity index (χ0v) is 13.5. The van der Waals surface area contributed by atoms with E-state index in [-0.39, 0.29) is 0 Å². The Labute approximate surface area is 122 Å². The van der Waals surface area contributed by atoms with Gasteiger partial charge < -0.3 is 5.11 Å². The molecule has 0 saturated heterocycles. The van der Waals surface area contributed by atoms with Crippen LogP contribution in [-0.4, -0.2) is 10.7 Å². The number of rotatable bonds is 5. The maximum Gasteiger partial charge on any atom is 0.0932 e. The summed E-state index contributed by atoms with van der Waals surface area (Å²) >= 11 is 3.89. The third-order valence-electron chi connectivity index (χ3n) is 2.36. The van der Waals surface area contributed by atoms with Crippen molar-refractivity contribution in [1.82, 2.24) is 0 Å². The van der Waals surface area contributed by atoms with E-state index >= 15 is 0 Å². The summed E-state index contributed by atoms with van der Waals surface area (Å²) in [5.41, 5.74) is -0.712. The van der Waals surface area contributed by atoms with Crippen molar-refractivity contribution in [3.8, 4) is 0 Å². The highest BCUT2D eigenvalue weighted by Gasteiger charge is 2.25. The normalized spacial score (nSPS) is 16.0. The molecule has 0 bridgehead atoms. The van der Waals surface area contributed by atoms with Crippen LogP contribution in [0, 0.1) is 5.92 Å². The van der Waals surface area contributed by atoms with Crippen LogP contribution in [0.2, 0.25) is 0 Å². The first kappa shape index (κ1) is 15.1. The topological polar surface area (TPSA) is 20.2 Å².